The molecule has 2 aromatic rings. The van der Waals surface area contributed by atoms with Gasteiger partial charge in [0.1, 0.15) is 0 Å². The zero-order chi connectivity index (χ0) is 14.7. The quantitative estimate of drug-likeness (QED) is 0.912. The van der Waals surface area contributed by atoms with E-state index in [0.717, 1.165) is 30.4 Å². The molecule has 1 aromatic heterocycles. The zero-order valence-corrected chi connectivity index (χ0v) is 12.7. The predicted octanol–water partition coefficient (Wildman–Crippen LogP) is 2.98. The van der Waals surface area contributed by atoms with Crippen LogP contribution in [0.4, 0.5) is 0 Å². The number of carbonyl (C=O) groups excluding carboxylic acids is 1. The molecule has 2 N–H and O–H groups in total. The third kappa shape index (κ3) is 3.17. The SMILES string of the molecule is O=C(NCc1ccc(CO)cc1)C1CCCc2sccc21. The number of hydrogen-bond donors (Lipinski definition) is 2. The zero-order valence-electron chi connectivity index (χ0n) is 11.8. The Morgan fingerprint density at radius 2 is 2.00 bits per heavy atom. The van der Waals surface area contributed by atoms with Crippen molar-refractivity contribution in [2.45, 2.75) is 38.3 Å². The molecule has 0 aliphatic heterocycles. The number of aryl methyl sites for hydroxylation is 1. The summed E-state index contributed by atoms with van der Waals surface area (Å²) in [6.07, 6.45) is 3.15. The first-order valence-corrected chi connectivity index (χ1v) is 8.18. The van der Waals surface area contributed by atoms with Gasteiger partial charge in [-0.2, -0.15) is 0 Å². The van der Waals surface area contributed by atoms with E-state index in [1.165, 1.54) is 10.4 Å². The summed E-state index contributed by atoms with van der Waals surface area (Å²) in [4.78, 5) is 13.8. The largest absolute Gasteiger partial charge is 0.392 e. The minimum absolute atomic E-state index is 0.0108. The molecule has 21 heavy (non-hydrogen) atoms. The Hall–Kier alpha value is -1.65. The summed E-state index contributed by atoms with van der Waals surface area (Å²) in [5, 5.41) is 14.1. The van der Waals surface area contributed by atoms with Gasteiger partial charge in [-0.15, -0.1) is 11.3 Å². The summed E-state index contributed by atoms with van der Waals surface area (Å²) in [5.41, 5.74) is 3.17. The molecule has 1 unspecified atom stereocenters. The summed E-state index contributed by atoms with van der Waals surface area (Å²) in [5.74, 6) is 0.136. The van der Waals surface area contributed by atoms with E-state index in [1.54, 1.807) is 11.3 Å². The van der Waals surface area contributed by atoms with Crippen molar-refractivity contribution in [1.82, 2.24) is 5.32 Å². The molecule has 1 aliphatic carbocycles. The summed E-state index contributed by atoms with van der Waals surface area (Å²) >= 11 is 1.76. The van der Waals surface area contributed by atoms with Crippen LogP contribution >= 0.6 is 11.3 Å². The summed E-state index contributed by atoms with van der Waals surface area (Å²) in [7, 11) is 0. The van der Waals surface area contributed by atoms with E-state index in [9.17, 15) is 4.79 Å². The van der Waals surface area contributed by atoms with E-state index >= 15 is 0 Å². The third-order valence-corrected chi connectivity index (χ3v) is 5.04. The standard InChI is InChI=1S/C17H19NO2S/c19-11-13-6-4-12(5-7-13)10-18-17(20)15-2-1-3-16-14(15)8-9-21-16/h4-9,15,19H,1-3,10-11H2,(H,18,20). The van der Waals surface area contributed by atoms with Gasteiger partial charge in [-0.25, -0.2) is 0 Å². The first-order valence-electron chi connectivity index (χ1n) is 7.30. The molecule has 110 valence electrons. The Bertz CT molecular complexity index is 618. The molecule has 1 amide bonds. The van der Waals surface area contributed by atoms with Crippen molar-refractivity contribution in [3.05, 3.63) is 57.3 Å². The molecule has 0 fully saturated rings. The maximum atomic E-state index is 12.4. The van der Waals surface area contributed by atoms with Crippen LogP contribution in [0.25, 0.3) is 0 Å². The number of amides is 1. The van der Waals surface area contributed by atoms with E-state index in [-0.39, 0.29) is 18.4 Å². The predicted molar refractivity (Wildman–Crippen MR) is 84.2 cm³/mol. The number of nitrogens with one attached hydrogen (secondary N) is 1. The monoisotopic (exact) mass is 301 g/mol. The van der Waals surface area contributed by atoms with Crippen LogP contribution in [0, 0.1) is 0 Å². The summed E-state index contributed by atoms with van der Waals surface area (Å²) < 4.78 is 0. The topological polar surface area (TPSA) is 49.3 Å². The van der Waals surface area contributed by atoms with Gasteiger partial charge in [0.15, 0.2) is 0 Å². The van der Waals surface area contributed by atoms with Crippen molar-refractivity contribution >= 4 is 17.2 Å². The number of fused-ring (bicyclic) bond motifs is 1. The second-order valence-electron chi connectivity index (χ2n) is 5.44. The lowest BCUT2D eigenvalue weighted by molar-refractivity contribution is -0.123. The molecule has 0 saturated carbocycles. The van der Waals surface area contributed by atoms with Crippen molar-refractivity contribution in [1.29, 1.82) is 0 Å². The van der Waals surface area contributed by atoms with Gasteiger partial charge in [0, 0.05) is 11.4 Å². The van der Waals surface area contributed by atoms with Gasteiger partial charge in [0.25, 0.3) is 0 Å². The van der Waals surface area contributed by atoms with Crippen LogP contribution in [-0.2, 0) is 24.4 Å². The molecular weight excluding hydrogens is 282 g/mol. The fourth-order valence-corrected chi connectivity index (χ4v) is 3.82. The molecule has 0 spiro atoms. The first-order chi connectivity index (χ1) is 10.3. The highest BCUT2D eigenvalue weighted by Crippen LogP contribution is 2.34. The smallest absolute Gasteiger partial charge is 0.227 e. The minimum Gasteiger partial charge on any atom is -0.392 e. The van der Waals surface area contributed by atoms with E-state index < -0.39 is 0 Å². The highest BCUT2D eigenvalue weighted by atomic mass is 32.1. The van der Waals surface area contributed by atoms with E-state index in [2.05, 4.69) is 16.8 Å². The number of thiophene rings is 1. The van der Waals surface area contributed by atoms with Gasteiger partial charge in [-0.05, 0) is 47.4 Å². The molecule has 1 heterocycles. The molecule has 1 atom stereocenters. The average Bonchev–Trinajstić information content (AvgIpc) is 3.01. The summed E-state index contributed by atoms with van der Waals surface area (Å²) in [6, 6.07) is 9.77. The van der Waals surface area contributed by atoms with Gasteiger partial charge in [-0.1, -0.05) is 24.3 Å². The van der Waals surface area contributed by atoms with Gasteiger partial charge >= 0.3 is 0 Å². The number of rotatable bonds is 4. The lowest BCUT2D eigenvalue weighted by Crippen LogP contribution is -2.30. The van der Waals surface area contributed by atoms with Crippen LogP contribution in [0.15, 0.2) is 35.7 Å². The highest BCUT2D eigenvalue weighted by molar-refractivity contribution is 7.10. The summed E-state index contributed by atoms with van der Waals surface area (Å²) in [6.45, 7) is 0.593. The molecule has 0 bridgehead atoms. The molecule has 1 aromatic carbocycles. The van der Waals surface area contributed by atoms with Crippen molar-refractivity contribution in [2.24, 2.45) is 0 Å². The second kappa shape index (κ2) is 6.41. The third-order valence-electron chi connectivity index (χ3n) is 4.04. The fraction of sp³-hybridized carbons (Fsp3) is 0.353. The van der Waals surface area contributed by atoms with Crippen LogP contribution < -0.4 is 5.32 Å². The maximum Gasteiger partial charge on any atom is 0.227 e. The van der Waals surface area contributed by atoms with Gasteiger partial charge in [0.05, 0.1) is 12.5 Å². The van der Waals surface area contributed by atoms with Gasteiger partial charge < -0.3 is 10.4 Å². The Balaban J connectivity index is 1.62. The van der Waals surface area contributed by atoms with Crippen LogP contribution in [-0.4, -0.2) is 11.0 Å². The molecule has 1 aliphatic rings. The van der Waals surface area contributed by atoms with Crippen LogP contribution in [0.5, 0.6) is 0 Å². The Labute approximate surface area is 128 Å². The van der Waals surface area contributed by atoms with Crippen LogP contribution in [0.2, 0.25) is 0 Å². The van der Waals surface area contributed by atoms with Crippen molar-refractivity contribution in [3.8, 4) is 0 Å². The Morgan fingerprint density at radius 3 is 2.76 bits per heavy atom. The van der Waals surface area contributed by atoms with E-state index in [4.69, 9.17) is 5.11 Å². The molecule has 0 radical (unpaired) electrons. The van der Waals surface area contributed by atoms with Crippen LogP contribution in [0.1, 0.15) is 40.3 Å². The van der Waals surface area contributed by atoms with Crippen molar-refractivity contribution in [2.75, 3.05) is 0 Å². The number of aliphatic hydroxyl groups excluding tert-OH is 1. The van der Waals surface area contributed by atoms with E-state index in [0.29, 0.717) is 6.54 Å². The molecule has 4 heteroatoms. The van der Waals surface area contributed by atoms with Gasteiger partial charge in [0.2, 0.25) is 5.91 Å². The number of benzene rings is 1. The lowest BCUT2D eigenvalue weighted by Gasteiger charge is -2.21. The lowest BCUT2D eigenvalue weighted by atomic mass is 9.87. The molecular formula is C17H19NO2S. The Morgan fingerprint density at radius 1 is 1.24 bits per heavy atom. The van der Waals surface area contributed by atoms with Crippen molar-refractivity contribution < 1.29 is 9.90 Å². The number of aliphatic hydroxyl groups is 1. The van der Waals surface area contributed by atoms with Crippen molar-refractivity contribution in [3.63, 3.8) is 0 Å². The first kappa shape index (κ1) is 14.3. The van der Waals surface area contributed by atoms with Gasteiger partial charge in [-0.3, -0.25) is 4.79 Å². The average molecular weight is 301 g/mol. The minimum atomic E-state index is 0.0108. The van der Waals surface area contributed by atoms with Crippen LogP contribution in [0.3, 0.4) is 0 Å². The molecule has 3 rings (SSSR count). The van der Waals surface area contributed by atoms with E-state index in [1.807, 2.05) is 24.3 Å². The fourth-order valence-electron chi connectivity index (χ4n) is 2.83. The number of carbonyl (C=O) groups is 1. The molecule has 3 nitrogen and oxygen atoms in total. The normalized spacial score (nSPS) is 17.3. The highest BCUT2D eigenvalue weighted by Gasteiger charge is 2.26. The number of hydrogen-bond acceptors (Lipinski definition) is 3. The maximum absolute atomic E-state index is 12.4. The molecule has 0 saturated heterocycles. The second-order valence-corrected chi connectivity index (χ2v) is 6.44. The Kier molecular flexibility index (Phi) is 4.36.